The number of aliphatic hydroxyl groups excluding tert-OH is 1. The van der Waals surface area contributed by atoms with E-state index >= 15 is 0 Å². The van der Waals surface area contributed by atoms with E-state index in [4.69, 9.17) is 0 Å². The highest BCUT2D eigenvalue weighted by atomic mass is 16.3. The highest BCUT2D eigenvalue weighted by Crippen LogP contribution is 2.14. The second-order valence-electron chi connectivity index (χ2n) is 10.4. The number of hydrogen-bond donors (Lipinski definition) is 2. The van der Waals surface area contributed by atoms with Gasteiger partial charge in [-0.15, -0.1) is 0 Å². The van der Waals surface area contributed by atoms with Crippen LogP contribution in [-0.2, 0) is 6.42 Å². The SMILES string of the molecule is CCCCCCCCCCCCCC[C@H](O)[C@@H](C)NC(=O)c1ccc(CCCCCCC)cc1. The first-order chi connectivity index (χ1) is 16.6. The number of hydrogen-bond acceptors (Lipinski definition) is 2. The molecule has 0 saturated heterocycles. The zero-order valence-corrected chi connectivity index (χ0v) is 22.8. The minimum Gasteiger partial charge on any atom is -0.391 e. The summed E-state index contributed by atoms with van der Waals surface area (Å²) in [7, 11) is 0. The monoisotopic (exact) mass is 473 g/mol. The van der Waals surface area contributed by atoms with Crippen molar-refractivity contribution in [2.24, 2.45) is 0 Å². The van der Waals surface area contributed by atoms with E-state index in [2.05, 4.69) is 31.3 Å². The number of rotatable bonds is 22. The highest BCUT2D eigenvalue weighted by molar-refractivity contribution is 5.94. The lowest BCUT2D eigenvalue weighted by Crippen LogP contribution is -2.41. The quantitative estimate of drug-likeness (QED) is 0.165. The maximum atomic E-state index is 12.6. The largest absolute Gasteiger partial charge is 0.391 e. The lowest BCUT2D eigenvalue weighted by Gasteiger charge is -2.20. The van der Waals surface area contributed by atoms with E-state index in [9.17, 15) is 9.90 Å². The highest BCUT2D eigenvalue weighted by Gasteiger charge is 2.17. The lowest BCUT2D eigenvalue weighted by atomic mass is 10.0. The van der Waals surface area contributed by atoms with E-state index in [0.29, 0.717) is 5.56 Å². The molecule has 3 heteroatoms. The van der Waals surface area contributed by atoms with Gasteiger partial charge in [-0.05, 0) is 43.9 Å². The molecule has 34 heavy (non-hydrogen) atoms. The Morgan fingerprint density at radius 1 is 0.706 bits per heavy atom. The van der Waals surface area contributed by atoms with E-state index in [1.807, 2.05) is 19.1 Å². The minimum absolute atomic E-state index is 0.0873. The first-order valence-corrected chi connectivity index (χ1v) is 14.7. The summed E-state index contributed by atoms with van der Waals surface area (Å²) >= 11 is 0. The van der Waals surface area contributed by atoms with E-state index < -0.39 is 6.10 Å². The fraction of sp³-hybridized carbons (Fsp3) is 0.774. The van der Waals surface area contributed by atoms with Gasteiger partial charge in [-0.1, -0.05) is 129 Å². The Bertz CT molecular complexity index is 598. The molecule has 0 bridgehead atoms. The molecule has 1 aromatic rings. The van der Waals surface area contributed by atoms with E-state index in [0.717, 1.165) is 19.3 Å². The van der Waals surface area contributed by atoms with Crippen LogP contribution in [-0.4, -0.2) is 23.2 Å². The molecule has 0 radical (unpaired) electrons. The number of aryl methyl sites for hydroxylation is 1. The molecular formula is C31H55NO2. The van der Waals surface area contributed by atoms with Crippen molar-refractivity contribution in [1.29, 1.82) is 0 Å². The zero-order chi connectivity index (χ0) is 24.9. The van der Waals surface area contributed by atoms with Gasteiger partial charge in [-0.25, -0.2) is 0 Å². The topological polar surface area (TPSA) is 49.3 Å². The first kappa shape index (κ1) is 30.7. The number of carbonyl (C=O) groups excluding carboxylic acids is 1. The maximum Gasteiger partial charge on any atom is 0.251 e. The van der Waals surface area contributed by atoms with Crippen molar-refractivity contribution in [3.8, 4) is 0 Å². The summed E-state index contributed by atoms with van der Waals surface area (Å²) in [4.78, 5) is 12.6. The fourth-order valence-corrected chi connectivity index (χ4v) is 4.59. The number of amides is 1. The normalized spacial score (nSPS) is 13.1. The van der Waals surface area contributed by atoms with Gasteiger partial charge in [0.1, 0.15) is 0 Å². The molecule has 0 aliphatic carbocycles. The molecule has 1 aromatic carbocycles. The molecule has 0 unspecified atom stereocenters. The van der Waals surface area contributed by atoms with E-state index in [-0.39, 0.29) is 11.9 Å². The Morgan fingerprint density at radius 2 is 1.15 bits per heavy atom. The summed E-state index contributed by atoms with van der Waals surface area (Å²) in [6.45, 7) is 6.42. The summed E-state index contributed by atoms with van der Waals surface area (Å²) in [6, 6.07) is 7.76. The number of aliphatic hydroxyl groups is 1. The molecule has 0 aromatic heterocycles. The number of carbonyl (C=O) groups is 1. The van der Waals surface area contributed by atoms with Crippen LogP contribution >= 0.6 is 0 Å². The van der Waals surface area contributed by atoms with Gasteiger partial charge >= 0.3 is 0 Å². The van der Waals surface area contributed by atoms with Crippen LogP contribution in [0, 0.1) is 0 Å². The Morgan fingerprint density at radius 3 is 1.65 bits per heavy atom. The summed E-state index contributed by atoms with van der Waals surface area (Å²) in [5.41, 5.74) is 1.98. The van der Waals surface area contributed by atoms with Crippen molar-refractivity contribution in [2.75, 3.05) is 0 Å². The van der Waals surface area contributed by atoms with Crippen molar-refractivity contribution in [3.63, 3.8) is 0 Å². The molecule has 0 aliphatic heterocycles. The number of nitrogens with one attached hydrogen (secondary N) is 1. The standard InChI is InChI=1S/C31H55NO2/c1-4-6-8-10-11-12-13-14-15-16-18-20-22-30(33)27(3)32-31(34)29-25-23-28(24-26-29)21-19-17-9-7-5-2/h23-27,30,33H,4-22H2,1-3H3,(H,32,34)/t27-,30+/m1/s1. The third-order valence-electron chi connectivity index (χ3n) is 7.07. The van der Waals surface area contributed by atoms with Crippen LogP contribution in [0.25, 0.3) is 0 Å². The van der Waals surface area contributed by atoms with Crippen molar-refractivity contribution in [2.45, 2.75) is 155 Å². The molecule has 0 fully saturated rings. The predicted molar refractivity (Wildman–Crippen MR) is 148 cm³/mol. The van der Waals surface area contributed by atoms with Gasteiger partial charge in [0.15, 0.2) is 0 Å². The maximum absolute atomic E-state index is 12.6. The summed E-state index contributed by atoms with van der Waals surface area (Å²) in [5.74, 6) is -0.0873. The smallest absolute Gasteiger partial charge is 0.251 e. The van der Waals surface area contributed by atoms with Gasteiger partial charge in [0.25, 0.3) is 5.91 Å². The zero-order valence-electron chi connectivity index (χ0n) is 22.8. The minimum atomic E-state index is -0.477. The van der Waals surface area contributed by atoms with Crippen LogP contribution in [0.5, 0.6) is 0 Å². The summed E-state index contributed by atoms with van der Waals surface area (Å²) in [6.07, 6.45) is 23.6. The average molecular weight is 474 g/mol. The van der Waals surface area contributed by atoms with Crippen LogP contribution in [0.4, 0.5) is 0 Å². The average Bonchev–Trinajstić information content (AvgIpc) is 2.84. The molecule has 2 N–H and O–H groups in total. The molecule has 196 valence electrons. The van der Waals surface area contributed by atoms with Crippen molar-refractivity contribution in [1.82, 2.24) is 5.32 Å². The van der Waals surface area contributed by atoms with Crippen LogP contribution in [0.3, 0.4) is 0 Å². The molecule has 1 amide bonds. The van der Waals surface area contributed by atoms with Crippen LogP contribution in [0.15, 0.2) is 24.3 Å². The van der Waals surface area contributed by atoms with Gasteiger partial charge in [0.2, 0.25) is 0 Å². The summed E-state index contributed by atoms with van der Waals surface area (Å²) < 4.78 is 0. The third kappa shape index (κ3) is 15.5. The van der Waals surface area contributed by atoms with Gasteiger partial charge < -0.3 is 10.4 Å². The third-order valence-corrected chi connectivity index (χ3v) is 7.07. The van der Waals surface area contributed by atoms with Gasteiger partial charge in [-0.3, -0.25) is 4.79 Å². The molecular weight excluding hydrogens is 418 g/mol. The van der Waals surface area contributed by atoms with Crippen molar-refractivity contribution < 1.29 is 9.90 Å². The molecule has 3 nitrogen and oxygen atoms in total. The van der Waals surface area contributed by atoms with Gasteiger partial charge in [-0.2, -0.15) is 0 Å². The molecule has 1 rings (SSSR count). The van der Waals surface area contributed by atoms with Gasteiger partial charge in [0, 0.05) is 5.56 Å². The molecule has 0 saturated carbocycles. The second kappa shape index (κ2) is 21.0. The fourth-order valence-electron chi connectivity index (χ4n) is 4.59. The van der Waals surface area contributed by atoms with Crippen LogP contribution in [0.2, 0.25) is 0 Å². The van der Waals surface area contributed by atoms with Crippen molar-refractivity contribution >= 4 is 5.91 Å². The lowest BCUT2D eigenvalue weighted by molar-refractivity contribution is 0.0831. The first-order valence-electron chi connectivity index (χ1n) is 14.7. The van der Waals surface area contributed by atoms with E-state index in [1.165, 1.54) is 108 Å². The predicted octanol–water partition coefficient (Wildman–Crippen LogP) is 8.77. The molecule has 0 spiro atoms. The number of benzene rings is 1. The molecule has 0 heterocycles. The van der Waals surface area contributed by atoms with E-state index in [1.54, 1.807) is 0 Å². The Kier molecular flexibility index (Phi) is 18.9. The van der Waals surface area contributed by atoms with Crippen LogP contribution < -0.4 is 5.32 Å². The van der Waals surface area contributed by atoms with Crippen LogP contribution in [0.1, 0.15) is 152 Å². The second-order valence-corrected chi connectivity index (χ2v) is 10.4. The molecule has 0 aliphatic rings. The molecule has 2 atom stereocenters. The van der Waals surface area contributed by atoms with Crippen molar-refractivity contribution in [3.05, 3.63) is 35.4 Å². The Labute approximate surface area is 211 Å². The Hall–Kier alpha value is -1.35. The number of unbranched alkanes of at least 4 members (excludes halogenated alkanes) is 15. The van der Waals surface area contributed by atoms with Gasteiger partial charge in [0.05, 0.1) is 12.1 Å². The Balaban J connectivity index is 2.10. The summed E-state index contributed by atoms with van der Waals surface area (Å²) in [5, 5.41) is 13.4.